The summed E-state index contributed by atoms with van der Waals surface area (Å²) in [5.74, 6) is 0.162. The molecule has 0 aromatic rings. The number of hydrogen-bond acceptors (Lipinski definition) is 4. The lowest BCUT2D eigenvalue weighted by atomic mass is 10.3. The normalized spacial score (nSPS) is 8.57. The maximum absolute atomic E-state index is 11.0. The number of nitrogens with two attached hydrogens (primary N) is 2. The molecule has 138 valence electrons. The highest BCUT2D eigenvalue weighted by Gasteiger charge is 1.99. The van der Waals surface area contributed by atoms with Crippen molar-refractivity contribution in [1.29, 1.82) is 0 Å². The van der Waals surface area contributed by atoms with Crippen molar-refractivity contribution >= 4 is 17.8 Å². The van der Waals surface area contributed by atoms with Crippen LogP contribution in [0.3, 0.4) is 0 Å². The first kappa shape index (κ1) is 26.1. The number of hydrogen-bond donors (Lipinski definition) is 5. The second-order valence-corrected chi connectivity index (χ2v) is 4.29. The molecule has 0 radical (unpaired) electrons. The minimum Gasteiger partial charge on any atom is -0.370 e. The highest BCUT2D eigenvalue weighted by molar-refractivity contribution is 5.78. The lowest BCUT2D eigenvalue weighted by molar-refractivity contribution is -0.122. The zero-order valence-electron chi connectivity index (χ0n) is 15.4. The Morgan fingerprint density at radius 1 is 0.957 bits per heavy atom. The van der Waals surface area contributed by atoms with Crippen LogP contribution in [-0.2, 0) is 9.59 Å². The Hall–Kier alpha value is -1.83. The number of carbonyl (C=O) groups is 2. The first-order valence-electron chi connectivity index (χ1n) is 8.21. The van der Waals surface area contributed by atoms with Gasteiger partial charge < -0.3 is 27.4 Å². The van der Waals surface area contributed by atoms with E-state index < -0.39 is 0 Å². The van der Waals surface area contributed by atoms with Crippen molar-refractivity contribution in [2.24, 2.45) is 16.5 Å². The van der Waals surface area contributed by atoms with Crippen LogP contribution in [0.2, 0.25) is 0 Å². The molecule has 0 saturated carbocycles. The zero-order valence-corrected chi connectivity index (χ0v) is 15.4. The highest BCUT2D eigenvalue weighted by atomic mass is 16.2. The van der Waals surface area contributed by atoms with Gasteiger partial charge in [-0.15, -0.1) is 0 Å². The second-order valence-electron chi connectivity index (χ2n) is 4.29. The summed E-state index contributed by atoms with van der Waals surface area (Å²) in [7, 11) is 1.71. The summed E-state index contributed by atoms with van der Waals surface area (Å²) in [5, 5.41) is 8.11. The average molecular weight is 332 g/mol. The molecule has 0 aromatic heterocycles. The molecule has 0 spiro atoms. The van der Waals surface area contributed by atoms with Gasteiger partial charge in [-0.05, 0) is 19.9 Å². The number of rotatable bonds is 9. The molecule has 0 saturated heterocycles. The Morgan fingerprint density at radius 3 is 1.83 bits per heavy atom. The van der Waals surface area contributed by atoms with Crippen LogP contribution in [0.25, 0.3) is 0 Å². The second kappa shape index (κ2) is 22.5. The van der Waals surface area contributed by atoms with E-state index >= 15 is 0 Å². The molecule has 0 rings (SSSR count). The van der Waals surface area contributed by atoms with Crippen molar-refractivity contribution < 1.29 is 9.59 Å². The SMILES string of the molecule is CC.CCCC(=O)NCCNC(=O)CNC.CCCN=C(N)N. The fraction of sp³-hybridized carbons (Fsp3) is 0.800. The third-order valence-corrected chi connectivity index (χ3v) is 2.10. The molecule has 7 N–H and O–H groups in total. The largest absolute Gasteiger partial charge is 0.370 e. The van der Waals surface area contributed by atoms with E-state index in [1.807, 2.05) is 27.7 Å². The lowest BCUT2D eigenvalue weighted by Gasteiger charge is -2.05. The monoisotopic (exact) mass is 332 g/mol. The van der Waals surface area contributed by atoms with Gasteiger partial charge in [0.15, 0.2) is 5.96 Å². The van der Waals surface area contributed by atoms with Crippen molar-refractivity contribution in [1.82, 2.24) is 16.0 Å². The van der Waals surface area contributed by atoms with Crippen molar-refractivity contribution in [3.63, 3.8) is 0 Å². The molecule has 8 heteroatoms. The van der Waals surface area contributed by atoms with Gasteiger partial charge in [0.05, 0.1) is 6.54 Å². The molecule has 0 aliphatic rings. The van der Waals surface area contributed by atoms with Crippen molar-refractivity contribution in [2.45, 2.75) is 47.0 Å². The van der Waals surface area contributed by atoms with Crippen LogP contribution in [0.4, 0.5) is 0 Å². The van der Waals surface area contributed by atoms with Crippen molar-refractivity contribution in [3.8, 4) is 0 Å². The van der Waals surface area contributed by atoms with E-state index in [4.69, 9.17) is 11.5 Å². The minimum absolute atomic E-state index is 0.0374. The van der Waals surface area contributed by atoms with E-state index in [2.05, 4.69) is 20.9 Å². The van der Waals surface area contributed by atoms with Gasteiger partial charge in [0.1, 0.15) is 0 Å². The van der Waals surface area contributed by atoms with Gasteiger partial charge in [0, 0.05) is 26.1 Å². The number of guanidine groups is 1. The first-order chi connectivity index (χ1) is 11.0. The van der Waals surface area contributed by atoms with Crippen LogP contribution in [0.15, 0.2) is 4.99 Å². The molecule has 23 heavy (non-hydrogen) atoms. The standard InChI is InChI=1S/C9H19N3O2.C4H11N3.C2H6/c1-3-4-8(13)11-5-6-12-9(14)7-10-2;1-2-3-7-4(5)6;1-2/h10H,3-7H2,1-2H3,(H,11,13)(H,12,14);2-3H2,1H3,(H4,5,6,7);1-2H3. The predicted octanol–water partition coefficient (Wildman–Crippen LogP) is -0.0657. The van der Waals surface area contributed by atoms with Crippen molar-refractivity contribution in [2.75, 3.05) is 33.2 Å². The van der Waals surface area contributed by atoms with E-state index in [9.17, 15) is 9.59 Å². The van der Waals surface area contributed by atoms with Gasteiger partial charge in [-0.25, -0.2) is 0 Å². The molecule has 0 aliphatic carbocycles. The molecule has 8 nitrogen and oxygen atoms in total. The quantitative estimate of drug-likeness (QED) is 0.229. The fourth-order valence-corrected chi connectivity index (χ4v) is 1.18. The number of nitrogens with one attached hydrogen (secondary N) is 3. The average Bonchev–Trinajstić information content (AvgIpc) is 2.53. The van der Waals surface area contributed by atoms with E-state index in [-0.39, 0.29) is 17.8 Å². The summed E-state index contributed by atoms with van der Waals surface area (Å²) in [6.07, 6.45) is 2.39. The number of likely N-dealkylation sites (N-methyl/N-ethyl adjacent to an activating group) is 1. The predicted molar refractivity (Wildman–Crippen MR) is 97.2 cm³/mol. The molecular weight excluding hydrogens is 296 g/mol. The molecule has 0 atom stereocenters. The third kappa shape index (κ3) is 28.9. The Labute approximate surface area is 140 Å². The summed E-state index contributed by atoms with van der Waals surface area (Å²) in [4.78, 5) is 25.6. The van der Waals surface area contributed by atoms with Crippen LogP contribution in [0, 0.1) is 0 Å². The summed E-state index contributed by atoms with van der Waals surface area (Å²) < 4.78 is 0. The van der Waals surface area contributed by atoms with Gasteiger partial charge in [-0.3, -0.25) is 14.6 Å². The van der Waals surface area contributed by atoms with Crippen LogP contribution < -0.4 is 27.4 Å². The molecule has 0 fully saturated rings. The van der Waals surface area contributed by atoms with Gasteiger partial charge in [0.2, 0.25) is 11.8 Å². The Balaban J connectivity index is -0.000000373. The molecular formula is C15H36N6O2. The zero-order chi connectivity index (χ0) is 18.5. The third-order valence-electron chi connectivity index (χ3n) is 2.10. The van der Waals surface area contributed by atoms with Gasteiger partial charge in [-0.1, -0.05) is 27.7 Å². The number of nitrogens with zero attached hydrogens (tertiary/aromatic N) is 1. The van der Waals surface area contributed by atoms with Crippen LogP contribution in [-0.4, -0.2) is 51.0 Å². The summed E-state index contributed by atoms with van der Waals surface area (Å²) >= 11 is 0. The number of amides is 2. The number of carbonyl (C=O) groups excluding carboxylic acids is 2. The molecule has 0 aliphatic heterocycles. The van der Waals surface area contributed by atoms with Crippen molar-refractivity contribution in [3.05, 3.63) is 0 Å². The van der Waals surface area contributed by atoms with E-state index in [0.29, 0.717) is 26.1 Å². The summed E-state index contributed by atoms with van der Waals surface area (Å²) in [6, 6.07) is 0. The van der Waals surface area contributed by atoms with Crippen LogP contribution in [0.1, 0.15) is 47.0 Å². The Morgan fingerprint density at radius 2 is 1.48 bits per heavy atom. The number of aliphatic imine (C=N–C) groups is 1. The molecule has 0 bridgehead atoms. The maximum atomic E-state index is 11.0. The first-order valence-corrected chi connectivity index (χ1v) is 8.21. The maximum Gasteiger partial charge on any atom is 0.234 e. The smallest absolute Gasteiger partial charge is 0.234 e. The molecule has 0 heterocycles. The Kier molecular flexibility index (Phi) is 25.5. The topological polar surface area (TPSA) is 135 Å². The fourth-order valence-electron chi connectivity index (χ4n) is 1.18. The van der Waals surface area contributed by atoms with Crippen LogP contribution >= 0.6 is 0 Å². The highest BCUT2D eigenvalue weighted by Crippen LogP contribution is 1.83. The van der Waals surface area contributed by atoms with Gasteiger partial charge in [-0.2, -0.15) is 0 Å². The molecule has 2 amide bonds. The lowest BCUT2D eigenvalue weighted by Crippen LogP contribution is -2.38. The van der Waals surface area contributed by atoms with E-state index in [0.717, 1.165) is 19.4 Å². The summed E-state index contributed by atoms with van der Waals surface area (Å²) in [5.41, 5.74) is 10.0. The summed E-state index contributed by atoms with van der Waals surface area (Å²) in [6.45, 7) is 10.00. The Bertz CT molecular complexity index is 284. The van der Waals surface area contributed by atoms with Gasteiger partial charge >= 0.3 is 0 Å². The van der Waals surface area contributed by atoms with E-state index in [1.165, 1.54) is 0 Å². The van der Waals surface area contributed by atoms with Gasteiger partial charge in [0.25, 0.3) is 0 Å². The molecule has 0 unspecified atom stereocenters. The molecule has 0 aromatic carbocycles. The minimum atomic E-state index is -0.0581. The van der Waals surface area contributed by atoms with Crippen LogP contribution in [0.5, 0.6) is 0 Å². The van der Waals surface area contributed by atoms with E-state index in [1.54, 1.807) is 7.05 Å².